The Morgan fingerprint density at radius 3 is 2.72 bits per heavy atom. The zero-order valence-corrected chi connectivity index (χ0v) is 9.97. The third kappa shape index (κ3) is 3.74. The van der Waals surface area contributed by atoms with E-state index in [1.54, 1.807) is 7.11 Å². The average molecular weight is 253 g/mol. The molecule has 6 nitrogen and oxygen atoms in total. The number of aromatic carboxylic acids is 1. The van der Waals surface area contributed by atoms with Crippen LogP contribution in [-0.4, -0.2) is 35.8 Å². The van der Waals surface area contributed by atoms with Gasteiger partial charge in [-0.15, -0.1) is 0 Å². The highest BCUT2D eigenvalue weighted by atomic mass is 16.5. The minimum Gasteiger partial charge on any atom is -0.505 e. The Morgan fingerprint density at radius 1 is 1.39 bits per heavy atom. The SMILES string of the molecule is COCCCC(=O)Nc1cccc(C(=O)O)c1O. The summed E-state index contributed by atoms with van der Waals surface area (Å²) < 4.78 is 4.81. The van der Waals surface area contributed by atoms with Gasteiger partial charge in [0.25, 0.3) is 0 Å². The van der Waals surface area contributed by atoms with Crippen LogP contribution in [0.1, 0.15) is 23.2 Å². The van der Waals surface area contributed by atoms with Gasteiger partial charge < -0.3 is 20.3 Å². The van der Waals surface area contributed by atoms with Crippen molar-refractivity contribution in [1.82, 2.24) is 0 Å². The molecular formula is C12H15NO5. The van der Waals surface area contributed by atoms with Crippen molar-refractivity contribution in [1.29, 1.82) is 0 Å². The third-order valence-electron chi connectivity index (χ3n) is 2.29. The quantitative estimate of drug-likeness (QED) is 0.527. The third-order valence-corrected chi connectivity index (χ3v) is 2.29. The first-order chi connectivity index (χ1) is 8.56. The molecule has 0 aromatic heterocycles. The van der Waals surface area contributed by atoms with Crippen molar-refractivity contribution in [2.24, 2.45) is 0 Å². The Balaban J connectivity index is 2.70. The highest BCUT2D eigenvalue weighted by Crippen LogP contribution is 2.27. The predicted molar refractivity (Wildman–Crippen MR) is 64.8 cm³/mol. The van der Waals surface area contributed by atoms with E-state index in [9.17, 15) is 14.7 Å². The molecule has 0 saturated carbocycles. The molecule has 6 heteroatoms. The minimum absolute atomic E-state index is 0.0947. The van der Waals surface area contributed by atoms with Crippen LogP contribution in [0.25, 0.3) is 0 Å². The van der Waals surface area contributed by atoms with Crippen LogP contribution in [0.15, 0.2) is 18.2 Å². The Morgan fingerprint density at radius 2 is 2.11 bits per heavy atom. The van der Waals surface area contributed by atoms with E-state index in [0.29, 0.717) is 13.0 Å². The van der Waals surface area contributed by atoms with Gasteiger partial charge in [0.1, 0.15) is 5.56 Å². The van der Waals surface area contributed by atoms with Crippen molar-refractivity contribution in [3.8, 4) is 5.75 Å². The summed E-state index contributed by atoms with van der Waals surface area (Å²) in [6.45, 7) is 0.467. The van der Waals surface area contributed by atoms with E-state index in [1.807, 2.05) is 0 Å². The zero-order chi connectivity index (χ0) is 13.5. The number of benzene rings is 1. The number of rotatable bonds is 6. The fourth-order valence-corrected chi connectivity index (χ4v) is 1.41. The van der Waals surface area contributed by atoms with Crippen molar-refractivity contribution < 1.29 is 24.5 Å². The fourth-order valence-electron chi connectivity index (χ4n) is 1.41. The summed E-state index contributed by atoms with van der Waals surface area (Å²) >= 11 is 0. The van der Waals surface area contributed by atoms with Crippen LogP contribution in [0.3, 0.4) is 0 Å². The molecule has 3 N–H and O–H groups in total. The van der Waals surface area contributed by atoms with Crippen LogP contribution < -0.4 is 5.32 Å². The number of methoxy groups -OCH3 is 1. The van der Waals surface area contributed by atoms with Crippen LogP contribution >= 0.6 is 0 Å². The molecule has 1 rings (SSSR count). The Hall–Kier alpha value is -2.08. The first-order valence-corrected chi connectivity index (χ1v) is 5.40. The summed E-state index contributed by atoms with van der Waals surface area (Å²) in [5.41, 5.74) is -0.151. The molecule has 0 fully saturated rings. The smallest absolute Gasteiger partial charge is 0.339 e. The molecule has 0 aliphatic carbocycles. The molecule has 0 unspecified atom stereocenters. The standard InChI is InChI=1S/C12H15NO5/c1-18-7-3-6-10(14)13-9-5-2-4-8(11(9)15)12(16)17/h2,4-5,15H,3,6-7H2,1H3,(H,13,14)(H,16,17). The highest BCUT2D eigenvalue weighted by molar-refractivity contribution is 5.97. The molecule has 0 heterocycles. The van der Waals surface area contributed by atoms with Crippen molar-refractivity contribution in [3.63, 3.8) is 0 Å². The lowest BCUT2D eigenvalue weighted by atomic mass is 10.1. The second kappa shape index (κ2) is 6.61. The number of carboxylic acid groups (broad SMARTS) is 1. The molecule has 1 aromatic carbocycles. The molecule has 0 spiro atoms. The van der Waals surface area contributed by atoms with Gasteiger partial charge in [-0.1, -0.05) is 6.07 Å². The van der Waals surface area contributed by atoms with Gasteiger partial charge in [0, 0.05) is 20.1 Å². The average Bonchev–Trinajstić information content (AvgIpc) is 2.32. The molecule has 0 radical (unpaired) electrons. The topological polar surface area (TPSA) is 95.9 Å². The Labute approximate surface area is 104 Å². The summed E-state index contributed by atoms with van der Waals surface area (Å²) in [5.74, 6) is -1.99. The summed E-state index contributed by atoms with van der Waals surface area (Å²) in [6.07, 6.45) is 0.798. The first kappa shape index (κ1) is 14.0. The van der Waals surface area contributed by atoms with E-state index < -0.39 is 11.7 Å². The normalized spacial score (nSPS) is 10.1. The Kier molecular flexibility index (Phi) is 5.13. The first-order valence-electron chi connectivity index (χ1n) is 5.40. The molecule has 1 aromatic rings. The van der Waals surface area contributed by atoms with Crippen molar-refractivity contribution in [2.75, 3.05) is 19.0 Å². The van der Waals surface area contributed by atoms with Crippen LogP contribution in [-0.2, 0) is 9.53 Å². The molecule has 0 saturated heterocycles. The maximum atomic E-state index is 11.5. The maximum absolute atomic E-state index is 11.5. The lowest BCUT2D eigenvalue weighted by Crippen LogP contribution is -2.13. The highest BCUT2D eigenvalue weighted by Gasteiger charge is 2.14. The van der Waals surface area contributed by atoms with Crippen molar-refractivity contribution >= 4 is 17.6 Å². The molecule has 18 heavy (non-hydrogen) atoms. The van der Waals surface area contributed by atoms with Crippen LogP contribution in [0, 0.1) is 0 Å². The number of aromatic hydroxyl groups is 1. The summed E-state index contributed by atoms with van der Waals surface area (Å²) in [4.78, 5) is 22.3. The molecule has 0 aliphatic heterocycles. The summed E-state index contributed by atoms with van der Waals surface area (Å²) in [7, 11) is 1.54. The van der Waals surface area contributed by atoms with Gasteiger partial charge in [-0.25, -0.2) is 4.79 Å². The van der Waals surface area contributed by atoms with E-state index in [1.165, 1.54) is 18.2 Å². The number of amides is 1. The van der Waals surface area contributed by atoms with E-state index in [4.69, 9.17) is 9.84 Å². The van der Waals surface area contributed by atoms with E-state index >= 15 is 0 Å². The number of carboxylic acids is 1. The molecule has 0 aliphatic rings. The molecule has 1 amide bonds. The van der Waals surface area contributed by atoms with Crippen LogP contribution in [0.5, 0.6) is 5.75 Å². The molecule has 0 bridgehead atoms. The molecular weight excluding hydrogens is 238 g/mol. The largest absolute Gasteiger partial charge is 0.505 e. The Bertz CT molecular complexity index is 444. The number of hydrogen-bond donors (Lipinski definition) is 3. The van der Waals surface area contributed by atoms with Crippen LogP contribution in [0.2, 0.25) is 0 Å². The van der Waals surface area contributed by atoms with Gasteiger partial charge in [0.15, 0.2) is 5.75 Å². The fraction of sp³-hybridized carbons (Fsp3) is 0.333. The van der Waals surface area contributed by atoms with Gasteiger partial charge in [0.2, 0.25) is 5.91 Å². The minimum atomic E-state index is -1.25. The number of nitrogens with one attached hydrogen (secondary N) is 1. The van der Waals surface area contributed by atoms with Crippen LogP contribution in [0.4, 0.5) is 5.69 Å². The van der Waals surface area contributed by atoms with Gasteiger partial charge in [-0.3, -0.25) is 4.79 Å². The van der Waals surface area contributed by atoms with Crippen molar-refractivity contribution in [3.05, 3.63) is 23.8 Å². The van der Waals surface area contributed by atoms with E-state index in [-0.39, 0.29) is 23.6 Å². The summed E-state index contributed by atoms with van der Waals surface area (Å²) in [5, 5.41) is 20.9. The number of anilines is 1. The summed E-state index contributed by atoms with van der Waals surface area (Å²) in [6, 6.07) is 4.15. The number of para-hydroxylation sites is 1. The van der Waals surface area contributed by atoms with Gasteiger partial charge in [-0.05, 0) is 18.6 Å². The number of hydrogen-bond acceptors (Lipinski definition) is 4. The van der Waals surface area contributed by atoms with E-state index in [0.717, 1.165) is 0 Å². The lowest BCUT2D eigenvalue weighted by molar-refractivity contribution is -0.116. The number of phenols is 1. The number of ether oxygens (including phenoxy) is 1. The monoisotopic (exact) mass is 253 g/mol. The zero-order valence-electron chi connectivity index (χ0n) is 9.97. The van der Waals surface area contributed by atoms with Gasteiger partial charge in [0.05, 0.1) is 5.69 Å². The number of carbonyl (C=O) groups excluding carboxylic acids is 1. The molecule has 98 valence electrons. The second-order valence-electron chi connectivity index (χ2n) is 3.65. The lowest BCUT2D eigenvalue weighted by Gasteiger charge is -2.08. The van der Waals surface area contributed by atoms with Gasteiger partial charge in [-0.2, -0.15) is 0 Å². The predicted octanol–water partition coefficient (Wildman–Crippen LogP) is 1.46. The molecule has 0 atom stereocenters. The van der Waals surface area contributed by atoms with E-state index in [2.05, 4.69) is 5.32 Å². The number of carbonyl (C=O) groups is 2. The second-order valence-corrected chi connectivity index (χ2v) is 3.65. The van der Waals surface area contributed by atoms with Gasteiger partial charge >= 0.3 is 5.97 Å². The maximum Gasteiger partial charge on any atom is 0.339 e. The van der Waals surface area contributed by atoms with Crippen molar-refractivity contribution in [2.45, 2.75) is 12.8 Å².